The zero-order valence-corrected chi connectivity index (χ0v) is 47.3. The number of unbranched alkanes of at least 4 members (excludes halogenated alkanes) is 46. The Morgan fingerprint density at radius 1 is 0.386 bits per heavy atom. The van der Waals surface area contributed by atoms with Crippen LogP contribution in [0.15, 0.2) is 24.3 Å². The van der Waals surface area contributed by atoms with Gasteiger partial charge in [-0.2, -0.15) is 0 Å². The van der Waals surface area contributed by atoms with E-state index in [1.165, 1.54) is 263 Å². The zero-order valence-electron chi connectivity index (χ0n) is 47.3. The first-order valence-corrected chi connectivity index (χ1v) is 31.6. The summed E-state index contributed by atoms with van der Waals surface area (Å²) < 4.78 is 5.48. The van der Waals surface area contributed by atoms with Crippen LogP contribution in [-0.4, -0.2) is 47.4 Å². The van der Waals surface area contributed by atoms with Crippen LogP contribution in [0.5, 0.6) is 0 Å². The van der Waals surface area contributed by atoms with Crippen molar-refractivity contribution in [1.29, 1.82) is 0 Å². The summed E-state index contributed by atoms with van der Waals surface area (Å²) in [5.74, 6) is -0.0980. The summed E-state index contributed by atoms with van der Waals surface area (Å²) in [6.07, 6.45) is 73.6. The summed E-state index contributed by atoms with van der Waals surface area (Å²) in [5, 5.41) is 23.2. The van der Waals surface area contributed by atoms with Crippen molar-refractivity contribution in [3.05, 3.63) is 24.3 Å². The topological polar surface area (TPSA) is 95.9 Å². The summed E-state index contributed by atoms with van der Waals surface area (Å²) in [6.45, 7) is 4.89. The molecule has 0 aromatic heterocycles. The van der Waals surface area contributed by atoms with Gasteiger partial charge in [-0.3, -0.25) is 9.59 Å². The zero-order chi connectivity index (χ0) is 50.7. The third kappa shape index (κ3) is 55.7. The molecule has 6 nitrogen and oxygen atoms in total. The minimum Gasteiger partial charge on any atom is -0.466 e. The van der Waals surface area contributed by atoms with E-state index in [4.69, 9.17) is 4.74 Å². The van der Waals surface area contributed by atoms with Gasteiger partial charge in [-0.15, -0.1) is 0 Å². The third-order valence-electron chi connectivity index (χ3n) is 14.7. The maximum atomic E-state index is 12.5. The molecule has 70 heavy (non-hydrogen) atoms. The monoisotopic (exact) mass is 986 g/mol. The molecule has 0 aromatic carbocycles. The predicted molar refractivity (Wildman–Crippen MR) is 306 cm³/mol. The molecule has 1 amide bonds. The van der Waals surface area contributed by atoms with Gasteiger partial charge in [0.2, 0.25) is 5.91 Å². The smallest absolute Gasteiger partial charge is 0.305 e. The number of rotatable bonds is 59. The highest BCUT2D eigenvalue weighted by molar-refractivity contribution is 5.76. The molecule has 0 rings (SSSR count). The van der Waals surface area contributed by atoms with Gasteiger partial charge in [0.1, 0.15) is 0 Å². The second kappa shape index (κ2) is 59.9. The van der Waals surface area contributed by atoms with Crippen LogP contribution in [0.2, 0.25) is 0 Å². The highest BCUT2D eigenvalue weighted by atomic mass is 16.5. The lowest BCUT2D eigenvalue weighted by Gasteiger charge is -2.20. The molecule has 0 saturated carbocycles. The fourth-order valence-electron chi connectivity index (χ4n) is 9.87. The molecule has 0 fully saturated rings. The van der Waals surface area contributed by atoms with Crippen LogP contribution in [0, 0.1) is 0 Å². The Hall–Kier alpha value is -1.66. The minimum atomic E-state index is -0.858. The van der Waals surface area contributed by atoms with Crippen molar-refractivity contribution >= 4 is 11.9 Å². The van der Waals surface area contributed by atoms with Crippen LogP contribution in [0.1, 0.15) is 348 Å². The van der Waals surface area contributed by atoms with Gasteiger partial charge in [0.15, 0.2) is 0 Å². The number of ether oxygens (including phenoxy) is 1. The summed E-state index contributed by atoms with van der Waals surface area (Å²) in [7, 11) is 0. The number of hydrogen-bond acceptors (Lipinski definition) is 5. The molecule has 0 aliphatic rings. The minimum absolute atomic E-state index is 0.0148. The van der Waals surface area contributed by atoms with Gasteiger partial charge in [0.25, 0.3) is 0 Å². The van der Waals surface area contributed by atoms with Gasteiger partial charge in [-0.1, -0.05) is 301 Å². The normalized spacial score (nSPS) is 12.7. The van der Waals surface area contributed by atoms with Crippen LogP contribution < -0.4 is 5.32 Å². The summed E-state index contributed by atoms with van der Waals surface area (Å²) >= 11 is 0. The maximum Gasteiger partial charge on any atom is 0.305 e. The molecular weight excluding hydrogens is 863 g/mol. The molecule has 0 saturated heterocycles. The number of hydrogen-bond donors (Lipinski definition) is 3. The Balaban J connectivity index is 3.47. The van der Waals surface area contributed by atoms with E-state index in [9.17, 15) is 19.8 Å². The standard InChI is InChI=1S/C64H123NO5/c1-3-5-7-9-11-13-15-17-19-21-23-24-25-26-28-29-31-33-36-40-44-48-52-56-62(67)61(60-66)65-63(68)57-53-49-45-41-37-35-39-43-47-51-55-59-70-64(69)58-54-50-46-42-38-34-32-30-27-22-20-18-16-14-12-10-8-6-4-2/h18,20,52,56,61-62,66-67H,3-17,19,21-51,53-55,57-60H2,1-2H3,(H,65,68)/b20-18-,56-52+. The average molecular weight is 987 g/mol. The molecule has 0 spiro atoms. The van der Waals surface area contributed by atoms with Crippen LogP contribution in [0.3, 0.4) is 0 Å². The number of nitrogens with one attached hydrogen (secondary N) is 1. The van der Waals surface area contributed by atoms with Crippen LogP contribution in [0.4, 0.5) is 0 Å². The van der Waals surface area contributed by atoms with Crippen molar-refractivity contribution in [3.63, 3.8) is 0 Å². The van der Waals surface area contributed by atoms with E-state index >= 15 is 0 Å². The largest absolute Gasteiger partial charge is 0.466 e. The van der Waals surface area contributed by atoms with Crippen molar-refractivity contribution in [2.75, 3.05) is 13.2 Å². The van der Waals surface area contributed by atoms with E-state index in [-0.39, 0.29) is 18.5 Å². The first-order valence-electron chi connectivity index (χ1n) is 31.6. The molecule has 2 unspecified atom stereocenters. The molecular formula is C64H123NO5. The molecule has 0 aliphatic heterocycles. The van der Waals surface area contributed by atoms with Gasteiger partial charge in [0, 0.05) is 12.8 Å². The van der Waals surface area contributed by atoms with Gasteiger partial charge in [-0.25, -0.2) is 0 Å². The van der Waals surface area contributed by atoms with Crippen LogP contribution >= 0.6 is 0 Å². The SMILES string of the molecule is CCCCCCCC/C=C\CCCCCCCCCCCC(=O)OCCCCCCCCCCCCCC(=O)NC(CO)C(O)/C=C/CCCCCCCCCCCCCCCCCCCCCCC. The first kappa shape index (κ1) is 68.3. The van der Waals surface area contributed by atoms with Crippen molar-refractivity contribution in [2.45, 2.75) is 360 Å². The van der Waals surface area contributed by atoms with Crippen molar-refractivity contribution in [1.82, 2.24) is 5.32 Å². The van der Waals surface area contributed by atoms with E-state index in [1.54, 1.807) is 6.08 Å². The number of allylic oxidation sites excluding steroid dienone is 3. The quantitative estimate of drug-likeness (QED) is 0.0321. The first-order chi connectivity index (χ1) is 34.5. The molecule has 6 heteroatoms. The predicted octanol–water partition coefficient (Wildman–Crippen LogP) is 19.8. The summed E-state index contributed by atoms with van der Waals surface area (Å²) in [6, 6.07) is -0.643. The lowest BCUT2D eigenvalue weighted by Crippen LogP contribution is -2.45. The van der Waals surface area contributed by atoms with E-state index < -0.39 is 12.1 Å². The van der Waals surface area contributed by atoms with Gasteiger partial charge < -0.3 is 20.3 Å². The van der Waals surface area contributed by atoms with Crippen LogP contribution in [0.25, 0.3) is 0 Å². The van der Waals surface area contributed by atoms with E-state index in [1.807, 2.05) is 6.08 Å². The number of esters is 1. The highest BCUT2D eigenvalue weighted by Gasteiger charge is 2.18. The average Bonchev–Trinajstić information content (AvgIpc) is 3.36. The number of aliphatic hydroxyl groups excluding tert-OH is 2. The Kier molecular flexibility index (Phi) is 58.5. The Morgan fingerprint density at radius 2 is 0.671 bits per heavy atom. The lowest BCUT2D eigenvalue weighted by atomic mass is 10.0. The number of carbonyl (C=O) groups excluding carboxylic acids is 2. The van der Waals surface area contributed by atoms with Gasteiger partial charge in [0.05, 0.1) is 25.4 Å². The fraction of sp³-hybridized carbons (Fsp3) is 0.906. The molecule has 3 N–H and O–H groups in total. The Bertz CT molecular complexity index is 1090. The van der Waals surface area contributed by atoms with E-state index in [2.05, 4.69) is 31.3 Å². The van der Waals surface area contributed by atoms with Crippen LogP contribution in [-0.2, 0) is 14.3 Å². The number of aliphatic hydroxyl groups is 2. The maximum absolute atomic E-state index is 12.5. The summed E-state index contributed by atoms with van der Waals surface area (Å²) in [5.41, 5.74) is 0. The fourth-order valence-corrected chi connectivity index (χ4v) is 9.87. The van der Waals surface area contributed by atoms with Gasteiger partial charge >= 0.3 is 5.97 Å². The third-order valence-corrected chi connectivity index (χ3v) is 14.7. The molecule has 414 valence electrons. The van der Waals surface area contributed by atoms with Gasteiger partial charge in [-0.05, 0) is 57.8 Å². The van der Waals surface area contributed by atoms with Crippen molar-refractivity contribution in [3.8, 4) is 0 Å². The number of amides is 1. The highest BCUT2D eigenvalue weighted by Crippen LogP contribution is 2.18. The molecule has 0 radical (unpaired) electrons. The van der Waals surface area contributed by atoms with Crippen molar-refractivity contribution < 1.29 is 24.5 Å². The van der Waals surface area contributed by atoms with E-state index in [0.29, 0.717) is 19.4 Å². The van der Waals surface area contributed by atoms with E-state index in [0.717, 1.165) is 57.8 Å². The molecule has 0 aliphatic carbocycles. The second-order valence-corrected chi connectivity index (χ2v) is 21.7. The Labute approximate surface area is 437 Å². The van der Waals surface area contributed by atoms with Crippen molar-refractivity contribution in [2.24, 2.45) is 0 Å². The lowest BCUT2D eigenvalue weighted by molar-refractivity contribution is -0.143. The molecule has 2 atom stereocenters. The second-order valence-electron chi connectivity index (χ2n) is 21.7. The summed E-state index contributed by atoms with van der Waals surface area (Å²) in [4.78, 5) is 24.6. The molecule has 0 heterocycles. The molecule has 0 aromatic rings. The number of carbonyl (C=O) groups is 2. The molecule has 0 bridgehead atoms. The Morgan fingerprint density at radius 3 is 1.01 bits per heavy atom.